The van der Waals surface area contributed by atoms with Gasteiger partial charge in [-0.25, -0.2) is 9.13 Å². The second-order valence-corrected chi connectivity index (χ2v) is 29.4. The predicted octanol–water partition coefficient (Wildman–Crippen LogP) is 19.7. The lowest BCUT2D eigenvalue weighted by Crippen LogP contribution is -2.30. The zero-order valence-electron chi connectivity index (χ0n) is 58.1. The van der Waals surface area contributed by atoms with Crippen molar-refractivity contribution in [2.45, 2.75) is 363 Å². The first-order valence-electron chi connectivity index (χ1n) is 36.3. The van der Waals surface area contributed by atoms with Crippen LogP contribution in [0, 0.1) is 23.7 Å². The van der Waals surface area contributed by atoms with Gasteiger partial charge in [-0.2, -0.15) is 0 Å². The Morgan fingerprint density at radius 1 is 0.315 bits per heavy atom. The third-order valence-corrected chi connectivity index (χ3v) is 19.1. The van der Waals surface area contributed by atoms with Crippen LogP contribution in [-0.4, -0.2) is 96.7 Å². The maximum atomic E-state index is 13.0. The molecule has 0 radical (unpaired) electrons. The van der Waals surface area contributed by atoms with Gasteiger partial charge in [0.05, 0.1) is 26.4 Å². The van der Waals surface area contributed by atoms with Gasteiger partial charge in [0.2, 0.25) is 0 Å². The van der Waals surface area contributed by atoms with E-state index in [4.69, 9.17) is 37.0 Å². The summed E-state index contributed by atoms with van der Waals surface area (Å²) in [7, 11) is -9.90. The lowest BCUT2D eigenvalue weighted by Gasteiger charge is -2.21. The van der Waals surface area contributed by atoms with Gasteiger partial charge in [0.1, 0.15) is 19.3 Å². The molecule has 0 saturated heterocycles. The number of rotatable bonds is 67. The van der Waals surface area contributed by atoms with Crippen LogP contribution >= 0.6 is 15.6 Å². The first-order valence-corrected chi connectivity index (χ1v) is 39.3. The van der Waals surface area contributed by atoms with Crippen molar-refractivity contribution in [1.82, 2.24) is 0 Å². The molecule has 0 spiro atoms. The van der Waals surface area contributed by atoms with Gasteiger partial charge in [0.25, 0.3) is 0 Å². The summed E-state index contributed by atoms with van der Waals surface area (Å²) >= 11 is 0. The quantitative estimate of drug-likeness (QED) is 0.0222. The highest BCUT2D eigenvalue weighted by Crippen LogP contribution is 2.45. The molecule has 8 atom stereocenters. The van der Waals surface area contributed by atoms with Gasteiger partial charge in [-0.1, -0.05) is 293 Å². The monoisotopic (exact) mass is 1310 g/mol. The van der Waals surface area contributed by atoms with Crippen LogP contribution in [-0.2, 0) is 65.4 Å². The molecule has 0 aliphatic carbocycles. The number of unbranched alkanes of at least 4 members (excludes halogenated alkanes) is 30. The molecule has 89 heavy (non-hydrogen) atoms. The van der Waals surface area contributed by atoms with E-state index in [1.165, 1.54) is 141 Å². The molecule has 0 aliphatic heterocycles. The Labute approximate surface area is 543 Å². The topological polar surface area (TPSA) is 237 Å². The van der Waals surface area contributed by atoms with Crippen molar-refractivity contribution in [2.75, 3.05) is 39.6 Å². The lowest BCUT2D eigenvalue weighted by atomic mass is 9.99. The molecule has 0 aromatic rings. The van der Waals surface area contributed by atoms with Gasteiger partial charge in [0.15, 0.2) is 12.2 Å². The summed E-state index contributed by atoms with van der Waals surface area (Å²) in [5.41, 5.74) is 0. The summed E-state index contributed by atoms with van der Waals surface area (Å²) in [6.07, 6.45) is 41.5. The third-order valence-electron chi connectivity index (χ3n) is 17.2. The van der Waals surface area contributed by atoms with Crippen LogP contribution in [0.1, 0.15) is 344 Å². The summed E-state index contributed by atoms with van der Waals surface area (Å²) in [5, 5.41) is 10.6. The average Bonchev–Trinajstić information content (AvgIpc) is 3.70. The molecule has 0 rings (SSSR count). The van der Waals surface area contributed by atoms with Gasteiger partial charge in [-0.05, 0) is 49.4 Å². The minimum atomic E-state index is -4.95. The zero-order chi connectivity index (χ0) is 66.1. The van der Waals surface area contributed by atoms with E-state index in [0.717, 1.165) is 120 Å². The Kier molecular flexibility index (Phi) is 58.5. The highest BCUT2D eigenvalue weighted by molar-refractivity contribution is 7.47. The van der Waals surface area contributed by atoms with Crippen LogP contribution in [0.2, 0.25) is 0 Å². The predicted molar refractivity (Wildman–Crippen MR) is 358 cm³/mol. The van der Waals surface area contributed by atoms with Crippen molar-refractivity contribution in [2.24, 2.45) is 23.7 Å². The number of carbonyl (C=O) groups is 4. The molecule has 0 aromatic carbocycles. The fourth-order valence-corrected chi connectivity index (χ4v) is 12.0. The minimum absolute atomic E-state index is 0.105. The fraction of sp³-hybridized carbons (Fsp3) is 0.943. The van der Waals surface area contributed by atoms with E-state index in [2.05, 4.69) is 55.4 Å². The number of phosphoric ester groups is 2. The molecular weight excluding hydrogens is 1170 g/mol. The summed E-state index contributed by atoms with van der Waals surface area (Å²) in [4.78, 5) is 72.5. The molecule has 0 heterocycles. The third kappa shape index (κ3) is 60.7. The molecule has 0 fully saturated rings. The van der Waals surface area contributed by atoms with Crippen LogP contribution in [0.15, 0.2) is 0 Å². The van der Waals surface area contributed by atoms with E-state index in [1.54, 1.807) is 0 Å². The second kappa shape index (κ2) is 59.8. The first-order chi connectivity index (χ1) is 42.7. The molecule has 6 unspecified atom stereocenters. The molecule has 0 saturated carbocycles. The van der Waals surface area contributed by atoms with Gasteiger partial charge in [-0.3, -0.25) is 37.3 Å². The van der Waals surface area contributed by atoms with Gasteiger partial charge < -0.3 is 33.8 Å². The van der Waals surface area contributed by atoms with Crippen molar-refractivity contribution in [1.29, 1.82) is 0 Å². The normalized spacial score (nSPS) is 15.2. The van der Waals surface area contributed by atoms with E-state index in [-0.39, 0.29) is 25.7 Å². The number of hydrogen-bond donors (Lipinski definition) is 3. The van der Waals surface area contributed by atoms with E-state index in [0.29, 0.717) is 25.7 Å². The van der Waals surface area contributed by atoms with Crippen molar-refractivity contribution < 1.29 is 80.2 Å². The van der Waals surface area contributed by atoms with Crippen molar-refractivity contribution in [3.05, 3.63) is 0 Å². The number of aliphatic hydroxyl groups excluding tert-OH is 1. The van der Waals surface area contributed by atoms with Crippen molar-refractivity contribution >= 4 is 39.5 Å². The first kappa shape index (κ1) is 87.1. The molecule has 0 aliphatic rings. The Balaban J connectivity index is 5.27. The van der Waals surface area contributed by atoms with Crippen LogP contribution < -0.4 is 0 Å². The summed E-state index contributed by atoms with van der Waals surface area (Å²) < 4.78 is 68.3. The van der Waals surface area contributed by atoms with Crippen LogP contribution in [0.5, 0.6) is 0 Å². The molecule has 19 heteroatoms. The number of phosphoric acid groups is 2. The Bertz CT molecular complexity index is 1770. The fourth-order valence-electron chi connectivity index (χ4n) is 10.4. The van der Waals surface area contributed by atoms with Gasteiger partial charge in [-0.15, -0.1) is 0 Å². The largest absolute Gasteiger partial charge is 0.472 e. The van der Waals surface area contributed by atoms with Gasteiger partial charge in [0, 0.05) is 25.7 Å². The van der Waals surface area contributed by atoms with Crippen LogP contribution in [0.4, 0.5) is 0 Å². The van der Waals surface area contributed by atoms with Gasteiger partial charge >= 0.3 is 39.5 Å². The number of ether oxygens (including phenoxy) is 4. The molecule has 0 amide bonds. The highest BCUT2D eigenvalue weighted by Gasteiger charge is 2.30. The maximum Gasteiger partial charge on any atom is 0.472 e. The Hall–Kier alpha value is -1.94. The zero-order valence-corrected chi connectivity index (χ0v) is 59.8. The number of aliphatic hydroxyl groups is 1. The van der Waals surface area contributed by atoms with Crippen LogP contribution in [0.25, 0.3) is 0 Å². The maximum absolute atomic E-state index is 13.0. The Morgan fingerprint density at radius 3 is 0.798 bits per heavy atom. The molecule has 528 valence electrons. The molecule has 0 aromatic heterocycles. The second-order valence-electron chi connectivity index (χ2n) is 26.5. The summed E-state index contributed by atoms with van der Waals surface area (Å²) in [6.45, 7) is 14.1. The highest BCUT2D eigenvalue weighted by atomic mass is 31.2. The average molecular weight is 1310 g/mol. The molecular formula is C70H136O17P2. The smallest absolute Gasteiger partial charge is 0.462 e. The minimum Gasteiger partial charge on any atom is -0.462 e. The summed E-state index contributed by atoms with van der Waals surface area (Å²) in [5.74, 6) is 0.933. The van der Waals surface area contributed by atoms with Crippen LogP contribution in [0.3, 0.4) is 0 Å². The van der Waals surface area contributed by atoms with Crippen molar-refractivity contribution in [3.8, 4) is 0 Å². The lowest BCUT2D eigenvalue weighted by molar-refractivity contribution is -0.161. The Morgan fingerprint density at radius 2 is 0.539 bits per heavy atom. The van der Waals surface area contributed by atoms with E-state index >= 15 is 0 Å². The number of carbonyl (C=O) groups excluding carboxylic acids is 4. The molecule has 17 nitrogen and oxygen atoms in total. The number of hydrogen-bond acceptors (Lipinski definition) is 15. The van der Waals surface area contributed by atoms with E-state index in [9.17, 15) is 43.2 Å². The van der Waals surface area contributed by atoms with E-state index in [1.807, 2.05) is 0 Å². The summed E-state index contributed by atoms with van der Waals surface area (Å²) in [6, 6.07) is 0. The molecule has 3 N–H and O–H groups in total. The standard InChI is InChI=1S/C70H136O17P2/c1-9-61(6)47-39-31-23-16-12-14-18-26-36-44-52-69(74)86-65(56-80-67(72)50-42-34-25-21-20-22-30-38-46-60(4)5)58-84-88(76,77)82-54-64(71)55-83-89(78,79)85-59-66(57-81-68(73)51-43-35-29-28-33-41-49-63(8)11-3)87-70(75)53-45-37-27-19-15-13-17-24-32-40-48-62(7)10-2/h60-66,71H,9-59H2,1-8H3,(H,76,77)(H,78,79)/t61?,62?,63?,64?,65-,66-/m1/s1. The van der Waals surface area contributed by atoms with Crippen molar-refractivity contribution in [3.63, 3.8) is 0 Å². The molecule has 0 bridgehead atoms. The van der Waals surface area contributed by atoms with E-state index < -0.39 is 97.5 Å². The number of esters is 4. The SMILES string of the molecule is CCC(C)CCCCCCCCCCCCC(=O)O[C@H](COC(=O)CCCCCCCCCCC(C)C)COP(=O)(O)OCC(O)COP(=O)(O)OC[C@@H](COC(=O)CCCCCCCCC(C)CC)OC(=O)CCCCCCCCCCCCC(C)CC.